The first kappa shape index (κ1) is 16.4. The Hall–Kier alpha value is -1.44. The van der Waals surface area contributed by atoms with Crippen LogP contribution in [0.25, 0.3) is 0 Å². The molecule has 1 aromatic heterocycles. The van der Waals surface area contributed by atoms with E-state index in [9.17, 15) is 8.42 Å². The van der Waals surface area contributed by atoms with Crippen molar-refractivity contribution in [3.8, 4) is 0 Å². The van der Waals surface area contributed by atoms with Gasteiger partial charge in [-0.05, 0) is 36.2 Å². The van der Waals surface area contributed by atoms with Gasteiger partial charge in [0.15, 0.2) is 5.13 Å². The minimum absolute atomic E-state index is 0.0982. The third kappa shape index (κ3) is 3.57. The van der Waals surface area contributed by atoms with Crippen molar-refractivity contribution in [2.24, 2.45) is 0 Å². The maximum absolute atomic E-state index is 12.6. The van der Waals surface area contributed by atoms with Crippen LogP contribution in [-0.4, -0.2) is 19.9 Å². The molecule has 0 atom stereocenters. The lowest BCUT2D eigenvalue weighted by molar-refractivity contribution is 0.573. The maximum atomic E-state index is 12.6. The smallest absolute Gasteiger partial charge is 0.263 e. The van der Waals surface area contributed by atoms with E-state index in [2.05, 4.69) is 35.8 Å². The van der Waals surface area contributed by atoms with Gasteiger partial charge in [0, 0.05) is 17.3 Å². The van der Waals surface area contributed by atoms with Gasteiger partial charge in [-0.3, -0.25) is 4.72 Å². The summed E-state index contributed by atoms with van der Waals surface area (Å²) in [5.41, 5.74) is 3.05. The maximum Gasteiger partial charge on any atom is 0.263 e. The molecule has 7 heteroatoms. The molecule has 1 aliphatic heterocycles. The van der Waals surface area contributed by atoms with E-state index < -0.39 is 10.0 Å². The van der Waals surface area contributed by atoms with Gasteiger partial charge >= 0.3 is 0 Å². The van der Waals surface area contributed by atoms with E-state index in [1.54, 1.807) is 12.1 Å². The van der Waals surface area contributed by atoms with Crippen LogP contribution in [0.4, 0.5) is 5.13 Å². The molecule has 5 nitrogen and oxygen atoms in total. The van der Waals surface area contributed by atoms with Gasteiger partial charge in [-0.25, -0.2) is 13.4 Å². The van der Waals surface area contributed by atoms with Gasteiger partial charge in [-0.1, -0.05) is 26.8 Å². The third-order valence-electron chi connectivity index (χ3n) is 3.87. The highest BCUT2D eigenvalue weighted by Gasteiger charge is 2.21. The minimum atomic E-state index is -3.60. The molecule has 124 valence electrons. The summed E-state index contributed by atoms with van der Waals surface area (Å²) in [6, 6.07) is 5.32. The average Bonchev–Trinajstić information content (AvgIpc) is 2.94. The molecule has 3 rings (SSSR count). The van der Waals surface area contributed by atoms with E-state index >= 15 is 0 Å². The zero-order valence-electron chi connectivity index (χ0n) is 13.5. The second-order valence-electron chi connectivity index (χ2n) is 6.75. The van der Waals surface area contributed by atoms with Crippen LogP contribution in [-0.2, 0) is 28.4 Å². The molecule has 0 bridgehead atoms. The van der Waals surface area contributed by atoms with Crippen molar-refractivity contribution < 1.29 is 8.42 Å². The molecular weight excluding hydrogens is 330 g/mol. The summed E-state index contributed by atoms with van der Waals surface area (Å²) < 4.78 is 27.8. The van der Waals surface area contributed by atoms with Gasteiger partial charge in [-0.2, -0.15) is 0 Å². The van der Waals surface area contributed by atoms with E-state index in [4.69, 9.17) is 0 Å². The third-order valence-corrected chi connectivity index (χ3v) is 6.09. The standard InChI is InChI=1S/C16H21N3O2S2/c1-16(2,3)14-10-22-15(18-14)19-23(20,21)13-5-4-12-9-17-7-6-11(12)8-13/h4-5,8,10,17H,6-7,9H2,1-3H3,(H,18,19). The van der Waals surface area contributed by atoms with Crippen molar-refractivity contribution in [1.29, 1.82) is 0 Å². The van der Waals surface area contributed by atoms with Gasteiger partial charge < -0.3 is 5.32 Å². The zero-order chi connectivity index (χ0) is 16.7. The lowest BCUT2D eigenvalue weighted by atomic mass is 9.93. The van der Waals surface area contributed by atoms with Crippen molar-refractivity contribution in [3.05, 3.63) is 40.4 Å². The van der Waals surface area contributed by atoms with Crippen LogP contribution in [0.5, 0.6) is 0 Å². The highest BCUT2D eigenvalue weighted by molar-refractivity contribution is 7.93. The molecule has 0 unspecified atom stereocenters. The Morgan fingerprint density at radius 3 is 2.74 bits per heavy atom. The van der Waals surface area contributed by atoms with Crippen LogP contribution in [0.3, 0.4) is 0 Å². The Labute approximate surface area is 141 Å². The Bertz CT molecular complexity index is 820. The molecule has 1 aromatic carbocycles. The molecule has 2 aromatic rings. The fourth-order valence-electron chi connectivity index (χ4n) is 2.46. The number of rotatable bonds is 3. The fourth-order valence-corrected chi connectivity index (χ4v) is 4.70. The van der Waals surface area contributed by atoms with E-state index in [0.29, 0.717) is 10.0 Å². The van der Waals surface area contributed by atoms with Gasteiger partial charge in [0.25, 0.3) is 10.0 Å². The van der Waals surface area contributed by atoms with E-state index in [0.717, 1.165) is 30.8 Å². The number of anilines is 1. The lowest BCUT2D eigenvalue weighted by Crippen LogP contribution is -2.24. The number of thiazole rings is 1. The summed E-state index contributed by atoms with van der Waals surface area (Å²) in [5, 5.41) is 5.59. The van der Waals surface area contributed by atoms with Crippen LogP contribution in [0, 0.1) is 0 Å². The molecule has 23 heavy (non-hydrogen) atoms. The summed E-state index contributed by atoms with van der Waals surface area (Å²) in [6.07, 6.45) is 0.851. The normalized spacial score (nSPS) is 15.3. The predicted molar refractivity (Wildman–Crippen MR) is 93.5 cm³/mol. The lowest BCUT2D eigenvalue weighted by Gasteiger charge is -2.18. The zero-order valence-corrected chi connectivity index (χ0v) is 15.1. The highest BCUT2D eigenvalue weighted by Crippen LogP contribution is 2.28. The van der Waals surface area contributed by atoms with Crippen molar-refractivity contribution in [3.63, 3.8) is 0 Å². The Morgan fingerprint density at radius 2 is 2.04 bits per heavy atom. The largest absolute Gasteiger partial charge is 0.312 e. The SMILES string of the molecule is CC(C)(C)c1csc(NS(=O)(=O)c2ccc3c(c2)CCNC3)n1. The molecule has 0 amide bonds. The van der Waals surface area contributed by atoms with Crippen molar-refractivity contribution >= 4 is 26.5 Å². The second-order valence-corrected chi connectivity index (χ2v) is 9.29. The van der Waals surface area contributed by atoms with Crippen LogP contribution >= 0.6 is 11.3 Å². The number of nitrogens with one attached hydrogen (secondary N) is 2. The number of nitrogens with zero attached hydrogens (tertiary/aromatic N) is 1. The summed E-state index contributed by atoms with van der Waals surface area (Å²) in [5.74, 6) is 0. The first-order valence-electron chi connectivity index (χ1n) is 7.57. The van der Waals surface area contributed by atoms with Crippen molar-refractivity contribution in [2.75, 3.05) is 11.3 Å². The number of aromatic nitrogens is 1. The number of hydrogen-bond acceptors (Lipinski definition) is 5. The molecule has 0 spiro atoms. The number of benzene rings is 1. The summed E-state index contributed by atoms with van der Waals surface area (Å²) >= 11 is 1.32. The number of fused-ring (bicyclic) bond motifs is 1. The summed E-state index contributed by atoms with van der Waals surface area (Å²) in [4.78, 5) is 4.69. The first-order valence-corrected chi connectivity index (χ1v) is 9.93. The Kier molecular flexibility index (Phi) is 4.20. The van der Waals surface area contributed by atoms with Gasteiger partial charge in [0.2, 0.25) is 0 Å². The summed E-state index contributed by atoms with van der Waals surface area (Å²) in [7, 11) is -3.60. The minimum Gasteiger partial charge on any atom is -0.312 e. The Balaban J connectivity index is 1.86. The average molecular weight is 351 g/mol. The molecule has 0 radical (unpaired) electrons. The van der Waals surface area contributed by atoms with Crippen LogP contribution in [0.15, 0.2) is 28.5 Å². The molecule has 1 aliphatic rings. The van der Waals surface area contributed by atoms with E-state index in [-0.39, 0.29) is 5.41 Å². The highest BCUT2D eigenvalue weighted by atomic mass is 32.2. The molecule has 0 fully saturated rings. The van der Waals surface area contributed by atoms with Crippen LogP contribution in [0.1, 0.15) is 37.6 Å². The van der Waals surface area contributed by atoms with Crippen LogP contribution in [0.2, 0.25) is 0 Å². The quantitative estimate of drug-likeness (QED) is 0.892. The Morgan fingerprint density at radius 1 is 1.26 bits per heavy atom. The predicted octanol–water partition coefficient (Wildman–Crippen LogP) is 2.89. The molecule has 0 saturated carbocycles. The number of hydrogen-bond donors (Lipinski definition) is 2. The first-order chi connectivity index (χ1) is 10.8. The van der Waals surface area contributed by atoms with Gasteiger partial charge in [0.1, 0.15) is 0 Å². The molecule has 2 heterocycles. The molecular formula is C16H21N3O2S2. The number of sulfonamides is 1. The fraction of sp³-hybridized carbons (Fsp3) is 0.438. The van der Waals surface area contributed by atoms with Gasteiger partial charge in [0.05, 0.1) is 10.6 Å². The molecule has 0 saturated heterocycles. The topological polar surface area (TPSA) is 71.1 Å². The van der Waals surface area contributed by atoms with E-state index in [1.165, 1.54) is 16.9 Å². The molecule has 0 aliphatic carbocycles. The monoisotopic (exact) mass is 351 g/mol. The van der Waals surface area contributed by atoms with Crippen LogP contribution < -0.4 is 10.0 Å². The van der Waals surface area contributed by atoms with Gasteiger partial charge in [-0.15, -0.1) is 11.3 Å². The van der Waals surface area contributed by atoms with Crippen molar-refractivity contribution in [2.45, 2.75) is 44.0 Å². The molecule has 2 N–H and O–H groups in total. The summed E-state index contributed by atoms with van der Waals surface area (Å²) in [6.45, 7) is 7.84. The van der Waals surface area contributed by atoms with E-state index in [1.807, 2.05) is 11.4 Å². The van der Waals surface area contributed by atoms with Crippen molar-refractivity contribution in [1.82, 2.24) is 10.3 Å². The second kappa shape index (κ2) is 5.89.